The summed E-state index contributed by atoms with van der Waals surface area (Å²) in [4.78, 5) is 73.5. The standard InChI is InChI=1S/C35H38FN11O10P2S/c1-17(2)30(48)44-35-43-29-24(32(50)45-35)41-16-47(29)34-25-18(3)20(54-34)12-52-58(51)56-26-21(13-53-59(60,57-25)11-7-10-37)55-33(22(26)36)46-15-40-23-27(38-14-39-28(23)46)42-31(49)19-8-5-4-6-9-19/h4-6,8-9,14-18,20-22,25-26,33-34,51H,7,11-13H2,1-3H3,(H,38,39,42,49)(H2,43,44,45,48,50). The molecule has 3 saturated heterocycles. The smallest absolute Gasteiger partial charge is 0.330 e. The van der Waals surface area contributed by atoms with Gasteiger partial charge in [-0.3, -0.25) is 33.8 Å². The predicted molar refractivity (Wildman–Crippen MR) is 213 cm³/mol. The monoisotopic (exact) mass is 885 g/mol. The van der Waals surface area contributed by atoms with E-state index in [0.717, 1.165) is 0 Å². The number of fused-ring (bicyclic) bond motifs is 5. The molecule has 7 heterocycles. The van der Waals surface area contributed by atoms with Gasteiger partial charge in [-0.1, -0.05) is 39.0 Å². The van der Waals surface area contributed by atoms with Crippen LogP contribution in [0.2, 0.25) is 0 Å². The lowest BCUT2D eigenvalue weighted by molar-refractivity contribution is -0.118. The first-order valence-electron chi connectivity index (χ1n) is 18.7. The fourth-order valence-electron chi connectivity index (χ4n) is 6.90. The quantitative estimate of drug-likeness (QED) is 0.161. The minimum atomic E-state index is -3.46. The first-order valence-corrected chi connectivity index (χ1v) is 22.6. The van der Waals surface area contributed by atoms with Crippen molar-refractivity contribution in [2.24, 2.45) is 11.8 Å². The van der Waals surface area contributed by atoms with Crippen LogP contribution in [0.25, 0.3) is 22.3 Å². The number of rotatable bonds is 8. The van der Waals surface area contributed by atoms with E-state index in [2.05, 4.69) is 46.6 Å². The molecule has 3 fully saturated rings. The van der Waals surface area contributed by atoms with Crippen LogP contribution >= 0.6 is 15.1 Å². The molecule has 21 nitrogen and oxygen atoms in total. The second-order valence-corrected chi connectivity index (χ2v) is 19.1. The average molecular weight is 886 g/mol. The highest BCUT2D eigenvalue weighted by molar-refractivity contribution is 8.09. The molecular weight excluding hydrogens is 847 g/mol. The summed E-state index contributed by atoms with van der Waals surface area (Å²) in [6.45, 7) is 1.06. The van der Waals surface area contributed by atoms with Crippen molar-refractivity contribution in [3.63, 3.8) is 0 Å². The minimum absolute atomic E-state index is 0.0160. The van der Waals surface area contributed by atoms with E-state index in [9.17, 15) is 24.5 Å². The molecule has 0 saturated carbocycles. The van der Waals surface area contributed by atoms with Crippen molar-refractivity contribution in [2.75, 3.05) is 30.0 Å². The second kappa shape index (κ2) is 17.3. The fraction of sp³-hybridized carbons (Fsp3) is 0.457. The number of imidazole rings is 2. The molecule has 1 aromatic carbocycles. The van der Waals surface area contributed by atoms with Gasteiger partial charge in [0.1, 0.15) is 24.6 Å². The summed E-state index contributed by atoms with van der Waals surface area (Å²) in [5.41, 5.74) is 0.0798. The van der Waals surface area contributed by atoms with Crippen LogP contribution in [0.5, 0.6) is 0 Å². The molecule has 60 heavy (non-hydrogen) atoms. The number of nitrogens with zero attached hydrogens (tertiary/aromatic N) is 8. The van der Waals surface area contributed by atoms with E-state index in [1.807, 2.05) is 0 Å². The maximum atomic E-state index is 16.6. The van der Waals surface area contributed by atoms with Gasteiger partial charge in [0.25, 0.3) is 11.5 Å². The van der Waals surface area contributed by atoms with E-state index >= 15 is 4.39 Å². The molecule has 0 radical (unpaired) electrons. The van der Waals surface area contributed by atoms with Crippen LogP contribution in [0.1, 0.15) is 50.0 Å². The first-order chi connectivity index (χ1) is 28.8. The lowest BCUT2D eigenvalue weighted by Crippen LogP contribution is -2.34. The number of ether oxygens (including phenoxy) is 2. The van der Waals surface area contributed by atoms with E-state index in [4.69, 9.17) is 39.4 Å². The Balaban J connectivity index is 1.08. The summed E-state index contributed by atoms with van der Waals surface area (Å²) in [6, 6.07) is 10.5. The highest BCUT2D eigenvalue weighted by Gasteiger charge is 2.52. The Labute approximate surface area is 346 Å². The number of benzene rings is 1. The summed E-state index contributed by atoms with van der Waals surface area (Å²) in [7, 11) is -2.75. The number of anilines is 2. The lowest BCUT2D eigenvalue weighted by atomic mass is 10.0. The van der Waals surface area contributed by atoms with Crippen molar-refractivity contribution in [1.82, 2.24) is 39.0 Å². The number of hydrogen-bond acceptors (Lipinski definition) is 17. The molecule has 10 atom stereocenters. The van der Waals surface area contributed by atoms with E-state index in [0.29, 0.717) is 5.56 Å². The number of alkyl halides is 1. The molecule has 4 N–H and O–H groups in total. The largest absolute Gasteiger partial charge is 0.349 e. The molecular formula is C35H38FN11O10P2S. The highest BCUT2D eigenvalue weighted by Crippen LogP contribution is 2.56. The lowest BCUT2D eigenvalue weighted by Gasteiger charge is -2.31. The van der Waals surface area contributed by atoms with E-state index < -0.39 is 88.0 Å². The van der Waals surface area contributed by atoms with Crippen molar-refractivity contribution in [1.29, 1.82) is 5.26 Å². The Morgan fingerprint density at radius 1 is 1.05 bits per heavy atom. The zero-order chi connectivity index (χ0) is 42.3. The topological polar surface area (TPSA) is 265 Å². The third-order valence-corrected chi connectivity index (χ3v) is 13.9. The molecule has 3 aliphatic heterocycles. The van der Waals surface area contributed by atoms with Crippen molar-refractivity contribution in [3.05, 3.63) is 65.2 Å². The summed E-state index contributed by atoms with van der Waals surface area (Å²) in [5, 5.41) is 14.9. The molecule has 2 amide bonds. The number of amides is 2. The van der Waals surface area contributed by atoms with Crippen LogP contribution in [0.15, 0.2) is 54.1 Å². The molecule has 8 rings (SSSR count). The van der Waals surface area contributed by atoms with Gasteiger partial charge in [-0.15, -0.1) is 0 Å². The van der Waals surface area contributed by atoms with E-state index in [1.165, 1.54) is 28.1 Å². The normalized spacial score (nSPS) is 29.6. The van der Waals surface area contributed by atoms with Gasteiger partial charge in [0.05, 0.1) is 38.0 Å². The van der Waals surface area contributed by atoms with Crippen LogP contribution in [-0.2, 0) is 44.2 Å². The van der Waals surface area contributed by atoms with Gasteiger partial charge < -0.3 is 37.8 Å². The number of carbonyl (C=O) groups is 2. The molecule has 0 spiro atoms. The van der Waals surface area contributed by atoms with Crippen molar-refractivity contribution in [3.8, 4) is 6.07 Å². The molecule has 316 valence electrons. The van der Waals surface area contributed by atoms with Crippen LogP contribution in [0, 0.1) is 23.2 Å². The highest BCUT2D eigenvalue weighted by atomic mass is 32.5. The SMILES string of the molecule is CC(C)C(=O)Nc1nc2c(ncn2C2OC3COP(O)OC4C(COP(=S)(CCC#N)OC2C3C)OC(n2cnc3c(NC(=O)c5ccccc5)ncnc32)C4F)c(=O)[nH]1. The molecule has 3 aliphatic rings. The Hall–Kier alpha value is -4.72. The summed E-state index contributed by atoms with van der Waals surface area (Å²) in [5.74, 6) is -1.76. The summed E-state index contributed by atoms with van der Waals surface area (Å²) in [6.07, 6.45) is -5.04. The third-order valence-electron chi connectivity index (χ3n) is 10.1. The maximum Gasteiger partial charge on any atom is 0.330 e. The molecule has 10 unspecified atom stereocenters. The first kappa shape index (κ1) is 42.0. The van der Waals surface area contributed by atoms with Gasteiger partial charge in [-0.2, -0.15) is 10.2 Å². The fourth-order valence-corrected chi connectivity index (χ4v) is 10.2. The molecule has 4 aromatic heterocycles. The van der Waals surface area contributed by atoms with Crippen LogP contribution in [0.3, 0.4) is 0 Å². The van der Waals surface area contributed by atoms with Gasteiger partial charge in [0, 0.05) is 30.0 Å². The van der Waals surface area contributed by atoms with Gasteiger partial charge in [-0.25, -0.2) is 24.3 Å². The van der Waals surface area contributed by atoms with Gasteiger partial charge in [0.2, 0.25) is 11.9 Å². The number of halogens is 1. The van der Waals surface area contributed by atoms with Crippen molar-refractivity contribution in [2.45, 2.75) is 70.2 Å². The van der Waals surface area contributed by atoms with E-state index in [-0.39, 0.29) is 59.2 Å². The van der Waals surface area contributed by atoms with E-state index in [1.54, 1.807) is 51.1 Å². The third kappa shape index (κ3) is 8.32. The molecule has 2 bridgehead atoms. The zero-order valence-electron chi connectivity index (χ0n) is 32.0. The van der Waals surface area contributed by atoms with Gasteiger partial charge in [0.15, 0.2) is 53.3 Å². The maximum absolute atomic E-state index is 16.6. The van der Waals surface area contributed by atoms with Crippen molar-refractivity contribution >= 4 is 72.8 Å². The van der Waals surface area contributed by atoms with Crippen LogP contribution in [-0.4, -0.2) is 106 Å². The number of aromatic nitrogens is 8. The number of hydrogen-bond donors (Lipinski definition) is 4. The Kier molecular flexibility index (Phi) is 12.1. The number of nitrogens with one attached hydrogen (secondary N) is 3. The molecule has 5 aromatic rings. The minimum Gasteiger partial charge on any atom is -0.349 e. The van der Waals surface area contributed by atoms with Crippen molar-refractivity contribution < 1.29 is 46.4 Å². The number of H-pyrrole nitrogens is 1. The average Bonchev–Trinajstić information content (AvgIpc) is 4.00. The Bertz CT molecular complexity index is 2560. The Morgan fingerprint density at radius 2 is 1.78 bits per heavy atom. The predicted octanol–water partition coefficient (Wildman–Crippen LogP) is 3.83. The number of aromatic amines is 1. The van der Waals surface area contributed by atoms with Crippen LogP contribution in [0.4, 0.5) is 16.2 Å². The Morgan fingerprint density at radius 3 is 2.53 bits per heavy atom. The molecule has 0 aliphatic carbocycles. The summed E-state index contributed by atoms with van der Waals surface area (Å²) < 4.78 is 56.6. The number of nitriles is 1. The van der Waals surface area contributed by atoms with Gasteiger partial charge >= 0.3 is 8.60 Å². The van der Waals surface area contributed by atoms with Crippen LogP contribution < -0.4 is 16.2 Å². The number of carbonyl (C=O) groups excluding carboxylic acids is 2. The van der Waals surface area contributed by atoms with Gasteiger partial charge in [-0.05, 0) is 23.9 Å². The second-order valence-electron chi connectivity index (χ2n) is 14.4. The zero-order valence-corrected chi connectivity index (χ0v) is 34.6. The summed E-state index contributed by atoms with van der Waals surface area (Å²) >= 11 is 6.04. The molecule has 25 heteroatoms.